The van der Waals surface area contributed by atoms with Gasteiger partial charge in [-0.25, -0.2) is 0 Å². The molecule has 0 radical (unpaired) electrons. The molecule has 102 valence electrons. The number of benzene rings is 2. The number of fused-ring (bicyclic) bond motifs is 2. The Morgan fingerprint density at radius 1 is 1.14 bits per heavy atom. The van der Waals surface area contributed by atoms with Gasteiger partial charge in [0.2, 0.25) is 0 Å². The summed E-state index contributed by atoms with van der Waals surface area (Å²) >= 11 is 0. The molecule has 1 aromatic heterocycles. The summed E-state index contributed by atoms with van der Waals surface area (Å²) in [6, 6.07) is 10.7. The predicted molar refractivity (Wildman–Crippen MR) is 80.7 cm³/mol. The van der Waals surface area contributed by atoms with Crippen molar-refractivity contribution in [2.45, 2.75) is 0 Å². The highest BCUT2D eigenvalue weighted by atomic mass is 16.3. The topological polar surface area (TPSA) is 78.0 Å². The molecule has 3 N–H and O–H groups in total. The van der Waals surface area contributed by atoms with E-state index in [4.69, 9.17) is 0 Å². The van der Waals surface area contributed by atoms with Crippen LogP contribution < -0.4 is 5.32 Å². The zero-order valence-corrected chi connectivity index (χ0v) is 10.9. The van der Waals surface area contributed by atoms with Crippen molar-refractivity contribution in [2.75, 3.05) is 5.32 Å². The van der Waals surface area contributed by atoms with Crippen LogP contribution in [0.2, 0.25) is 0 Å². The van der Waals surface area contributed by atoms with Gasteiger partial charge in [-0.05, 0) is 35.9 Å². The van der Waals surface area contributed by atoms with Gasteiger partial charge in [0, 0.05) is 22.2 Å². The molecule has 0 aliphatic carbocycles. The summed E-state index contributed by atoms with van der Waals surface area (Å²) in [6.07, 6.45) is 3.56. The van der Waals surface area contributed by atoms with Crippen molar-refractivity contribution in [1.82, 2.24) is 10.2 Å². The van der Waals surface area contributed by atoms with Crippen LogP contribution in [0.15, 0.2) is 42.6 Å². The molecule has 0 atom stereocenters. The first-order valence-corrected chi connectivity index (χ1v) is 6.50. The molecule has 4 rings (SSSR count). The Labute approximate surface area is 119 Å². The fourth-order valence-corrected chi connectivity index (χ4v) is 2.53. The van der Waals surface area contributed by atoms with E-state index in [1.165, 1.54) is 0 Å². The fourth-order valence-electron chi connectivity index (χ4n) is 2.53. The predicted octanol–water partition coefficient (Wildman–Crippen LogP) is 2.76. The highest BCUT2D eigenvalue weighted by Gasteiger charge is 2.24. The third kappa shape index (κ3) is 1.87. The number of nitrogens with zero attached hydrogens (tertiary/aromatic N) is 1. The molecule has 0 fully saturated rings. The largest absolute Gasteiger partial charge is 0.508 e. The lowest BCUT2D eigenvalue weighted by Crippen LogP contribution is -2.03. The Hall–Kier alpha value is -3.08. The maximum absolute atomic E-state index is 12.1. The van der Waals surface area contributed by atoms with Crippen LogP contribution in [0.25, 0.3) is 22.6 Å². The summed E-state index contributed by atoms with van der Waals surface area (Å²) in [6.45, 7) is 0. The van der Waals surface area contributed by atoms with Crippen molar-refractivity contribution in [3.8, 4) is 5.75 Å². The van der Waals surface area contributed by atoms with Crippen LogP contribution in [-0.4, -0.2) is 21.2 Å². The number of H-pyrrole nitrogens is 1. The average molecular weight is 277 g/mol. The van der Waals surface area contributed by atoms with Crippen LogP contribution in [0, 0.1) is 0 Å². The molecule has 5 nitrogen and oxygen atoms in total. The summed E-state index contributed by atoms with van der Waals surface area (Å²) in [5.74, 6) is -0.0273. The number of nitrogens with one attached hydrogen (secondary N) is 2. The van der Waals surface area contributed by atoms with E-state index in [0.717, 1.165) is 16.5 Å². The quantitative estimate of drug-likeness (QED) is 0.473. The van der Waals surface area contributed by atoms with Crippen LogP contribution in [0.1, 0.15) is 11.1 Å². The molecule has 1 aliphatic rings. The standard InChI is InChI=1S/C16H11N3O2/c20-11-3-4-14-12(7-11)13(16(21)18-14)5-9-1-2-10-8-17-19-15(10)6-9/h1-8,20H,(H,17,19)(H,18,21)/b13-5+. The van der Waals surface area contributed by atoms with E-state index in [9.17, 15) is 9.90 Å². The van der Waals surface area contributed by atoms with Crippen molar-refractivity contribution in [3.05, 3.63) is 53.7 Å². The number of rotatable bonds is 1. The zero-order valence-electron chi connectivity index (χ0n) is 10.9. The summed E-state index contributed by atoms with van der Waals surface area (Å²) < 4.78 is 0. The van der Waals surface area contributed by atoms with Crippen molar-refractivity contribution < 1.29 is 9.90 Å². The van der Waals surface area contributed by atoms with E-state index < -0.39 is 0 Å². The first kappa shape index (κ1) is 11.7. The van der Waals surface area contributed by atoms with Gasteiger partial charge in [0.25, 0.3) is 5.91 Å². The monoisotopic (exact) mass is 277 g/mol. The van der Waals surface area contributed by atoms with Gasteiger partial charge in [0.15, 0.2) is 0 Å². The number of carbonyl (C=O) groups excluding carboxylic acids is 1. The van der Waals surface area contributed by atoms with Gasteiger partial charge in [-0.1, -0.05) is 12.1 Å². The Morgan fingerprint density at radius 3 is 2.95 bits per heavy atom. The third-order valence-corrected chi connectivity index (χ3v) is 3.56. The third-order valence-electron chi connectivity index (χ3n) is 3.56. The maximum Gasteiger partial charge on any atom is 0.256 e. The van der Waals surface area contributed by atoms with Crippen LogP contribution in [-0.2, 0) is 4.79 Å². The lowest BCUT2D eigenvalue weighted by molar-refractivity contribution is -0.110. The molecule has 5 heteroatoms. The van der Waals surface area contributed by atoms with Gasteiger partial charge in [-0.2, -0.15) is 5.10 Å². The SMILES string of the molecule is O=C1Nc2ccc(O)cc2/C1=C\c1ccc2cn[nH]c2c1. The first-order valence-electron chi connectivity index (χ1n) is 6.50. The summed E-state index contributed by atoms with van der Waals surface area (Å²) in [5.41, 5.74) is 3.78. The van der Waals surface area contributed by atoms with E-state index in [2.05, 4.69) is 15.5 Å². The van der Waals surface area contributed by atoms with E-state index in [-0.39, 0.29) is 11.7 Å². The van der Waals surface area contributed by atoms with Gasteiger partial charge in [-0.3, -0.25) is 9.89 Å². The van der Waals surface area contributed by atoms with E-state index in [0.29, 0.717) is 16.8 Å². The number of aromatic amines is 1. The number of aromatic nitrogens is 2. The van der Waals surface area contributed by atoms with Gasteiger partial charge >= 0.3 is 0 Å². The molecular weight excluding hydrogens is 266 g/mol. The minimum atomic E-state index is -0.166. The molecule has 2 aromatic carbocycles. The number of amides is 1. The van der Waals surface area contributed by atoms with Crippen LogP contribution >= 0.6 is 0 Å². The highest BCUT2D eigenvalue weighted by molar-refractivity contribution is 6.35. The number of hydrogen-bond donors (Lipinski definition) is 3. The second-order valence-electron chi connectivity index (χ2n) is 4.96. The number of phenolic OH excluding ortho intramolecular Hbond substituents is 1. The molecule has 0 spiro atoms. The summed E-state index contributed by atoms with van der Waals surface area (Å²) in [4.78, 5) is 12.1. The minimum Gasteiger partial charge on any atom is -0.508 e. The second-order valence-corrected chi connectivity index (χ2v) is 4.96. The van der Waals surface area contributed by atoms with Crippen molar-refractivity contribution >= 4 is 34.1 Å². The maximum atomic E-state index is 12.1. The average Bonchev–Trinajstić information content (AvgIpc) is 3.04. The van der Waals surface area contributed by atoms with Crippen LogP contribution in [0.5, 0.6) is 5.75 Å². The Balaban J connectivity index is 1.85. The lowest BCUT2D eigenvalue weighted by Gasteiger charge is -2.00. The van der Waals surface area contributed by atoms with Crippen molar-refractivity contribution in [3.63, 3.8) is 0 Å². The molecule has 21 heavy (non-hydrogen) atoms. The minimum absolute atomic E-state index is 0.139. The first-order chi connectivity index (χ1) is 10.2. The number of hydrogen-bond acceptors (Lipinski definition) is 3. The Bertz CT molecular complexity index is 909. The molecule has 0 saturated heterocycles. The number of phenols is 1. The summed E-state index contributed by atoms with van der Waals surface area (Å²) in [5, 5.41) is 20.3. The molecule has 2 heterocycles. The number of carbonyl (C=O) groups is 1. The van der Waals surface area contributed by atoms with Crippen LogP contribution in [0.4, 0.5) is 5.69 Å². The normalized spacial score (nSPS) is 15.4. The smallest absolute Gasteiger partial charge is 0.256 e. The highest BCUT2D eigenvalue weighted by Crippen LogP contribution is 2.35. The molecule has 1 aliphatic heterocycles. The molecule has 0 unspecified atom stereocenters. The fraction of sp³-hybridized carbons (Fsp3) is 0. The van der Waals surface area contributed by atoms with E-state index in [1.54, 1.807) is 30.5 Å². The molecule has 1 amide bonds. The Morgan fingerprint density at radius 2 is 2.05 bits per heavy atom. The van der Waals surface area contributed by atoms with Crippen molar-refractivity contribution in [2.24, 2.45) is 0 Å². The van der Waals surface area contributed by atoms with Crippen molar-refractivity contribution in [1.29, 1.82) is 0 Å². The van der Waals surface area contributed by atoms with Gasteiger partial charge in [0.1, 0.15) is 5.75 Å². The molecule has 3 aromatic rings. The Kier molecular flexibility index (Phi) is 2.35. The number of aromatic hydroxyl groups is 1. The van der Waals surface area contributed by atoms with E-state index >= 15 is 0 Å². The number of anilines is 1. The van der Waals surface area contributed by atoms with Gasteiger partial charge in [-0.15, -0.1) is 0 Å². The van der Waals surface area contributed by atoms with E-state index in [1.807, 2.05) is 18.2 Å². The lowest BCUT2D eigenvalue weighted by atomic mass is 10.0. The second kappa shape index (κ2) is 4.21. The zero-order chi connectivity index (χ0) is 14.4. The van der Waals surface area contributed by atoms with Gasteiger partial charge < -0.3 is 10.4 Å². The van der Waals surface area contributed by atoms with Crippen LogP contribution in [0.3, 0.4) is 0 Å². The molecule has 0 bridgehead atoms. The molecular formula is C16H11N3O2. The molecule has 0 saturated carbocycles. The van der Waals surface area contributed by atoms with Gasteiger partial charge in [0.05, 0.1) is 11.7 Å². The summed E-state index contributed by atoms with van der Waals surface area (Å²) in [7, 11) is 0.